The van der Waals surface area contributed by atoms with Gasteiger partial charge in [0.05, 0.1) is 10.8 Å². The van der Waals surface area contributed by atoms with Gasteiger partial charge in [-0.15, -0.1) is 0 Å². The summed E-state index contributed by atoms with van der Waals surface area (Å²) in [6.45, 7) is 2.27. The molecule has 2 amide bonds. The number of anilines is 2. The molecule has 2 aromatic rings. The van der Waals surface area contributed by atoms with Crippen LogP contribution in [-0.2, 0) is 19.6 Å². The Bertz CT molecular complexity index is 937. The van der Waals surface area contributed by atoms with Crippen LogP contribution in [0.15, 0.2) is 53.4 Å². The Hall–Kier alpha value is -2.71. The van der Waals surface area contributed by atoms with Crippen LogP contribution in [0, 0.1) is 12.8 Å². The van der Waals surface area contributed by atoms with Crippen molar-refractivity contribution in [2.75, 3.05) is 16.8 Å². The van der Waals surface area contributed by atoms with Gasteiger partial charge < -0.3 is 10.2 Å². The second-order valence-corrected chi connectivity index (χ2v) is 7.86. The van der Waals surface area contributed by atoms with Gasteiger partial charge in [0, 0.05) is 24.3 Å². The summed E-state index contributed by atoms with van der Waals surface area (Å²) < 4.78 is 22.5. The summed E-state index contributed by atoms with van der Waals surface area (Å²) in [7, 11) is -3.78. The van der Waals surface area contributed by atoms with Crippen LogP contribution >= 0.6 is 0 Å². The number of nitrogens with two attached hydrogens (primary N) is 1. The number of rotatable bonds is 4. The van der Waals surface area contributed by atoms with Gasteiger partial charge in [-0.2, -0.15) is 0 Å². The van der Waals surface area contributed by atoms with Crippen molar-refractivity contribution >= 4 is 33.2 Å². The molecule has 1 atom stereocenters. The predicted molar refractivity (Wildman–Crippen MR) is 98.1 cm³/mol. The number of sulfonamides is 1. The van der Waals surface area contributed by atoms with E-state index in [0.29, 0.717) is 12.2 Å². The first-order chi connectivity index (χ1) is 12.2. The molecule has 3 N–H and O–H groups in total. The van der Waals surface area contributed by atoms with Crippen molar-refractivity contribution < 1.29 is 18.0 Å². The van der Waals surface area contributed by atoms with E-state index >= 15 is 0 Å². The van der Waals surface area contributed by atoms with E-state index < -0.39 is 15.9 Å². The van der Waals surface area contributed by atoms with E-state index in [4.69, 9.17) is 5.14 Å². The smallest absolute Gasteiger partial charge is 0.238 e. The zero-order chi connectivity index (χ0) is 18.9. The maximum absolute atomic E-state index is 12.4. The summed E-state index contributed by atoms with van der Waals surface area (Å²) in [5.41, 5.74) is 2.31. The highest BCUT2D eigenvalue weighted by atomic mass is 32.2. The van der Waals surface area contributed by atoms with Gasteiger partial charge in [-0.25, -0.2) is 13.6 Å². The topological polar surface area (TPSA) is 110 Å². The fraction of sp³-hybridized carbons (Fsp3) is 0.222. The zero-order valence-corrected chi connectivity index (χ0v) is 15.0. The highest BCUT2D eigenvalue weighted by Crippen LogP contribution is 2.26. The lowest BCUT2D eigenvalue weighted by Crippen LogP contribution is -2.28. The van der Waals surface area contributed by atoms with Crippen LogP contribution in [-0.4, -0.2) is 26.8 Å². The number of nitrogens with zero attached hydrogens (tertiary/aromatic N) is 1. The van der Waals surface area contributed by atoms with Crippen LogP contribution in [0.25, 0.3) is 0 Å². The third-order valence-electron chi connectivity index (χ3n) is 4.29. The van der Waals surface area contributed by atoms with Crippen molar-refractivity contribution in [3.05, 3.63) is 54.1 Å². The summed E-state index contributed by atoms with van der Waals surface area (Å²) in [4.78, 5) is 26.3. The molecule has 136 valence electrons. The number of aryl methyl sites for hydroxylation is 1. The maximum atomic E-state index is 12.4. The monoisotopic (exact) mass is 373 g/mol. The lowest BCUT2D eigenvalue weighted by molar-refractivity contribution is -0.122. The molecule has 0 aliphatic carbocycles. The predicted octanol–water partition coefficient (Wildman–Crippen LogP) is 1.63. The third kappa shape index (κ3) is 3.92. The molecule has 0 aromatic heterocycles. The molecule has 1 saturated heterocycles. The Labute approximate surface area is 151 Å². The highest BCUT2D eigenvalue weighted by Gasteiger charge is 2.35. The minimum Gasteiger partial charge on any atom is -0.326 e. The molecular formula is C18H19N3O4S. The molecule has 0 unspecified atom stereocenters. The molecule has 3 rings (SSSR count). The van der Waals surface area contributed by atoms with Crippen molar-refractivity contribution in [2.24, 2.45) is 11.1 Å². The highest BCUT2D eigenvalue weighted by molar-refractivity contribution is 7.89. The molecule has 1 heterocycles. The SMILES string of the molecule is Cc1ccc(N2C[C@@H](C(=O)Nc3ccc(S(N)(=O)=O)cc3)CC2=O)cc1. The van der Waals surface area contributed by atoms with Crippen LogP contribution < -0.4 is 15.4 Å². The molecule has 8 heteroatoms. The average molecular weight is 373 g/mol. The molecule has 1 aliphatic heterocycles. The second-order valence-electron chi connectivity index (χ2n) is 6.30. The minimum absolute atomic E-state index is 0.0305. The fourth-order valence-electron chi connectivity index (χ4n) is 2.83. The number of hydrogen-bond donors (Lipinski definition) is 2. The van der Waals surface area contributed by atoms with Crippen molar-refractivity contribution in [1.29, 1.82) is 0 Å². The van der Waals surface area contributed by atoms with Crippen LogP contribution in [0.2, 0.25) is 0 Å². The van der Waals surface area contributed by atoms with Gasteiger partial charge in [0.15, 0.2) is 0 Å². The second kappa shape index (κ2) is 6.89. The number of carbonyl (C=O) groups is 2. The minimum atomic E-state index is -3.78. The van der Waals surface area contributed by atoms with Crippen LogP contribution in [0.4, 0.5) is 11.4 Å². The summed E-state index contributed by atoms with van der Waals surface area (Å²) in [6.07, 6.45) is 0.134. The summed E-state index contributed by atoms with van der Waals surface area (Å²) >= 11 is 0. The molecular weight excluding hydrogens is 354 g/mol. The first kappa shape index (κ1) is 18.1. The van der Waals surface area contributed by atoms with Gasteiger partial charge in [-0.05, 0) is 43.3 Å². The van der Waals surface area contributed by atoms with Crippen molar-refractivity contribution in [1.82, 2.24) is 0 Å². The zero-order valence-electron chi connectivity index (χ0n) is 14.2. The summed E-state index contributed by atoms with van der Waals surface area (Å²) in [5.74, 6) is -0.850. The number of primary sulfonamides is 1. The van der Waals surface area contributed by atoms with E-state index in [1.165, 1.54) is 24.3 Å². The Kier molecular flexibility index (Phi) is 4.80. The Morgan fingerprint density at radius 3 is 2.31 bits per heavy atom. The van der Waals surface area contributed by atoms with E-state index in [-0.39, 0.29) is 23.1 Å². The Balaban J connectivity index is 1.67. The number of nitrogens with one attached hydrogen (secondary N) is 1. The van der Waals surface area contributed by atoms with E-state index in [0.717, 1.165) is 11.3 Å². The number of carbonyl (C=O) groups excluding carboxylic acids is 2. The van der Waals surface area contributed by atoms with Gasteiger partial charge in [0.2, 0.25) is 21.8 Å². The standard InChI is InChI=1S/C18H19N3O4S/c1-12-2-6-15(7-3-12)21-11-13(10-17(21)22)18(23)20-14-4-8-16(9-5-14)26(19,24)25/h2-9,13H,10-11H2,1H3,(H,20,23)(H2,19,24,25)/t13-/m0/s1. The lowest BCUT2D eigenvalue weighted by Gasteiger charge is -2.17. The number of amides is 2. The van der Waals surface area contributed by atoms with E-state index in [1.807, 2.05) is 31.2 Å². The molecule has 1 fully saturated rings. The van der Waals surface area contributed by atoms with E-state index in [9.17, 15) is 18.0 Å². The molecule has 0 saturated carbocycles. The van der Waals surface area contributed by atoms with Gasteiger partial charge in [0.25, 0.3) is 0 Å². The lowest BCUT2D eigenvalue weighted by atomic mass is 10.1. The molecule has 0 bridgehead atoms. The van der Waals surface area contributed by atoms with Crippen molar-refractivity contribution in [3.8, 4) is 0 Å². The maximum Gasteiger partial charge on any atom is 0.238 e. The molecule has 0 radical (unpaired) electrons. The Morgan fingerprint density at radius 2 is 1.73 bits per heavy atom. The van der Waals surface area contributed by atoms with E-state index in [2.05, 4.69) is 5.32 Å². The van der Waals surface area contributed by atoms with Crippen molar-refractivity contribution in [3.63, 3.8) is 0 Å². The summed E-state index contributed by atoms with van der Waals surface area (Å²) in [6, 6.07) is 13.1. The van der Waals surface area contributed by atoms with Gasteiger partial charge in [-0.1, -0.05) is 17.7 Å². The molecule has 7 nitrogen and oxygen atoms in total. The summed E-state index contributed by atoms with van der Waals surface area (Å²) in [5, 5.41) is 7.76. The average Bonchev–Trinajstić information content (AvgIpc) is 2.97. The normalized spacial score (nSPS) is 17.4. The van der Waals surface area contributed by atoms with Gasteiger partial charge in [-0.3, -0.25) is 9.59 Å². The van der Waals surface area contributed by atoms with E-state index in [1.54, 1.807) is 4.90 Å². The first-order valence-corrected chi connectivity index (χ1v) is 9.59. The number of hydrogen-bond acceptors (Lipinski definition) is 4. The molecule has 2 aromatic carbocycles. The largest absolute Gasteiger partial charge is 0.326 e. The fourth-order valence-corrected chi connectivity index (χ4v) is 3.35. The van der Waals surface area contributed by atoms with Gasteiger partial charge >= 0.3 is 0 Å². The van der Waals surface area contributed by atoms with Crippen LogP contribution in [0.3, 0.4) is 0 Å². The van der Waals surface area contributed by atoms with Crippen LogP contribution in [0.5, 0.6) is 0 Å². The molecule has 0 spiro atoms. The van der Waals surface area contributed by atoms with Crippen LogP contribution in [0.1, 0.15) is 12.0 Å². The number of benzene rings is 2. The Morgan fingerprint density at radius 1 is 1.12 bits per heavy atom. The van der Waals surface area contributed by atoms with Gasteiger partial charge in [0.1, 0.15) is 0 Å². The molecule has 1 aliphatic rings. The quantitative estimate of drug-likeness (QED) is 0.849. The molecule has 26 heavy (non-hydrogen) atoms. The van der Waals surface area contributed by atoms with Crippen molar-refractivity contribution in [2.45, 2.75) is 18.2 Å². The third-order valence-corrected chi connectivity index (χ3v) is 5.22. The first-order valence-electron chi connectivity index (χ1n) is 8.05.